The molecular formula is C19H22N2O2. The molecule has 0 spiro atoms. The van der Waals surface area contributed by atoms with E-state index in [0.717, 1.165) is 17.1 Å². The normalized spacial score (nSPS) is 16.7. The quantitative estimate of drug-likeness (QED) is 0.939. The van der Waals surface area contributed by atoms with E-state index in [9.17, 15) is 4.79 Å². The summed E-state index contributed by atoms with van der Waals surface area (Å²) in [7, 11) is 0. The summed E-state index contributed by atoms with van der Waals surface area (Å²) in [6, 6.07) is 13.8. The van der Waals surface area contributed by atoms with Gasteiger partial charge in [0.2, 0.25) is 5.91 Å². The van der Waals surface area contributed by atoms with Gasteiger partial charge in [0, 0.05) is 0 Å². The van der Waals surface area contributed by atoms with Gasteiger partial charge in [0.05, 0.1) is 17.9 Å². The number of hydrogen-bond donors (Lipinski definition) is 1. The number of rotatable bonds is 4. The Hall–Kier alpha value is -2.49. The molecule has 0 saturated heterocycles. The van der Waals surface area contributed by atoms with Gasteiger partial charge in [-0.15, -0.1) is 0 Å². The van der Waals surface area contributed by atoms with Crippen molar-refractivity contribution in [1.29, 1.82) is 0 Å². The highest BCUT2D eigenvalue weighted by Gasteiger charge is 2.29. The van der Waals surface area contributed by atoms with Crippen molar-refractivity contribution in [2.45, 2.75) is 26.8 Å². The van der Waals surface area contributed by atoms with Crippen LogP contribution in [0.3, 0.4) is 0 Å². The molecule has 0 aliphatic carbocycles. The smallest absolute Gasteiger partial charge is 0.249 e. The number of hydrogen-bond acceptors (Lipinski definition) is 3. The molecule has 23 heavy (non-hydrogen) atoms. The summed E-state index contributed by atoms with van der Waals surface area (Å²) >= 11 is 0. The molecule has 1 heterocycles. The van der Waals surface area contributed by atoms with Crippen molar-refractivity contribution in [3.05, 3.63) is 53.6 Å². The molecule has 0 saturated carbocycles. The number of nitrogens with zero attached hydrogens (tertiary/aromatic N) is 1. The van der Waals surface area contributed by atoms with Crippen molar-refractivity contribution >= 4 is 17.3 Å². The van der Waals surface area contributed by atoms with E-state index < -0.39 is 0 Å². The number of anilines is 2. The van der Waals surface area contributed by atoms with Crippen LogP contribution in [0.2, 0.25) is 0 Å². The first kappa shape index (κ1) is 15.4. The summed E-state index contributed by atoms with van der Waals surface area (Å²) in [6.07, 6.45) is 0. The zero-order valence-electron chi connectivity index (χ0n) is 13.8. The summed E-state index contributed by atoms with van der Waals surface area (Å²) in [5.74, 6) is 0.907. The first-order valence-corrected chi connectivity index (χ1v) is 7.92. The topological polar surface area (TPSA) is 41.6 Å². The number of nitrogens with one attached hydrogen (secondary N) is 1. The van der Waals surface area contributed by atoms with Crippen molar-refractivity contribution in [3.63, 3.8) is 0 Å². The van der Waals surface area contributed by atoms with E-state index in [-0.39, 0.29) is 11.9 Å². The SMILES string of the molecule is Cc1ccc(OCCN2C(=O)C(C)Nc3cc(C)ccc32)cc1. The molecule has 0 aromatic heterocycles. The number of carbonyl (C=O) groups excluding carboxylic acids is 1. The van der Waals surface area contributed by atoms with Crippen LogP contribution in [0.4, 0.5) is 11.4 Å². The first-order valence-electron chi connectivity index (χ1n) is 7.92. The Morgan fingerprint density at radius 3 is 2.52 bits per heavy atom. The van der Waals surface area contributed by atoms with Crippen LogP contribution in [0.1, 0.15) is 18.1 Å². The van der Waals surface area contributed by atoms with Crippen LogP contribution >= 0.6 is 0 Å². The third-order valence-electron chi connectivity index (χ3n) is 4.06. The molecular weight excluding hydrogens is 288 g/mol. The van der Waals surface area contributed by atoms with Crippen LogP contribution in [0, 0.1) is 13.8 Å². The van der Waals surface area contributed by atoms with Crippen LogP contribution in [0.5, 0.6) is 5.75 Å². The third kappa shape index (κ3) is 3.31. The molecule has 1 atom stereocenters. The lowest BCUT2D eigenvalue weighted by molar-refractivity contribution is -0.119. The fraction of sp³-hybridized carbons (Fsp3) is 0.316. The van der Waals surface area contributed by atoms with E-state index in [1.54, 1.807) is 0 Å². The summed E-state index contributed by atoms with van der Waals surface area (Å²) in [4.78, 5) is 14.3. The molecule has 0 fully saturated rings. The van der Waals surface area contributed by atoms with Crippen LogP contribution in [-0.4, -0.2) is 25.1 Å². The van der Waals surface area contributed by atoms with Gasteiger partial charge in [0.1, 0.15) is 18.4 Å². The van der Waals surface area contributed by atoms with Crippen LogP contribution in [0.15, 0.2) is 42.5 Å². The molecule has 0 radical (unpaired) electrons. The molecule has 2 aromatic rings. The average Bonchev–Trinajstić information content (AvgIpc) is 2.53. The Kier molecular flexibility index (Phi) is 4.24. The van der Waals surface area contributed by atoms with Crippen molar-refractivity contribution in [3.8, 4) is 5.75 Å². The van der Waals surface area contributed by atoms with Gasteiger partial charge >= 0.3 is 0 Å². The van der Waals surface area contributed by atoms with Gasteiger partial charge in [-0.1, -0.05) is 23.8 Å². The van der Waals surface area contributed by atoms with E-state index in [0.29, 0.717) is 13.2 Å². The number of fused-ring (bicyclic) bond motifs is 1. The van der Waals surface area contributed by atoms with Crippen molar-refractivity contribution in [2.24, 2.45) is 0 Å². The lowest BCUT2D eigenvalue weighted by atomic mass is 10.1. The molecule has 1 unspecified atom stereocenters. The summed E-state index contributed by atoms with van der Waals surface area (Å²) in [5, 5.41) is 3.26. The Bertz CT molecular complexity index is 710. The van der Waals surface area contributed by atoms with Crippen molar-refractivity contribution in [2.75, 3.05) is 23.4 Å². The maximum atomic E-state index is 12.5. The van der Waals surface area contributed by atoms with Gasteiger partial charge in [-0.2, -0.15) is 0 Å². The summed E-state index contributed by atoms with van der Waals surface area (Å²) < 4.78 is 5.77. The summed E-state index contributed by atoms with van der Waals surface area (Å²) in [5.41, 5.74) is 4.31. The molecule has 120 valence electrons. The van der Waals surface area contributed by atoms with Gasteiger partial charge < -0.3 is 15.0 Å². The van der Waals surface area contributed by atoms with Crippen LogP contribution < -0.4 is 15.0 Å². The molecule has 4 nitrogen and oxygen atoms in total. The predicted molar refractivity (Wildman–Crippen MR) is 93.3 cm³/mol. The standard InChI is InChI=1S/C19H22N2O2/c1-13-4-7-16(8-5-13)23-11-10-21-18-9-6-14(2)12-17(18)20-15(3)19(21)22/h4-9,12,15,20H,10-11H2,1-3H3. The van der Waals surface area contributed by atoms with Crippen molar-refractivity contribution < 1.29 is 9.53 Å². The molecule has 4 heteroatoms. The van der Waals surface area contributed by atoms with E-state index in [1.165, 1.54) is 11.1 Å². The van der Waals surface area contributed by atoms with Gasteiger partial charge in [-0.05, 0) is 50.6 Å². The lowest BCUT2D eigenvalue weighted by Crippen LogP contribution is -2.47. The minimum atomic E-state index is -0.219. The van der Waals surface area contributed by atoms with Gasteiger partial charge in [-0.25, -0.2) is 0 Å². The Morgan fingerprint density at radius 2 is 1.78 bits per heavy atom. The maximum Gasteiger partial charge on any atom is 0.249 e. The number of carbonyl (C=O) groups is 1. The second kappa shape index (κ2) is 6.32. The molecule has 2 aromatic carbocycles. The van der Waals surface area contributed by atoms with Crippen LogP contribution in [-0.2, 0) is 4.79 Å². The summed E-state index contributed by atoms with van der Waals surface area (Å²) in [6.45, 7) is 6.99. The molecule has 1 aliphatic rings. The molecule has 1 aliphatic heterocycles. The zero-order chi connectivity index (χ0) is 16.4. The number of benzene rings is 2. The minimum absolute atomic E-state index is 0.0776. The van der Waals surface area contributed by atoms with Gasteiger partial charge in [0.15, 0.2) is 0 Å². The largest absolute Gasteiger partial charge is 0.492 e. The van der Waals surface area contributed by atoms with Gasteiger partial charge in [0.25, 0.3) is 0 Å². The second-order valence-corrected chi connectivity index (χ2v) is 6.04. The predicted octanol–water partition coefficient (Wildman–Crippen LogP) is 3.53. The van der Waals surface area contributed by atoms with E-state index in [1.807, 2.05) is 62.1 Å². The highest BCUT2D eigenvalue weighted by atomic mass is 16.5. The first-order chi connectivity index (χ1) is 11.0. The number of aryl methyl sites for hydroxylation is 2. The molecule has 0 bridgehead atoms. The highest BCUT2D eigenvalue weighted by Crippen LogP contribution is 2.32. The fourth-order valence-corrected chi connectivity index (χ4v) is 2.77. The lowest BCUT2D eigenvalue weighted by Gasteiger charge is -2.34. The van der Waals surface area contributed by atoms with E-state index in [2.05, 4.69) is 11.4 Å². The number of ether oxygens (including phenoxy) is 1. The number of amides is 1. The Morgan fingerprint density at radius 1 is 1.09 bits per heavy atom. The monoisotopic (exact) mass is 310 g/mol. The van der Waals surface area contributed by atoms with E-state index in [4.69, 9.17) is 4.74 Å². The zero-order valence-corrected chi connectivity index (χ0v) is 13.8. The van der Waals surface area contributed by atoms with E-state index >= 15 is 0 Å². The maximum absolute atomic E-state index is 12.5. The Labute approximate surface area is 137 Å². The minimum Gasteiger partial charge on any atom is -0.492 e. The third-order valence-corrected chi connectivity index (χ3v) is 4.06. The second-order valence-electron chi connectivity index (χ2n) is 6.04. The molecule has 1 amide bonds. The van der Waals surface area contributed by atoms with Crippen molar-refractivity contribution in [1.82, 2.24) is 0 Å². The van der Waals surface area contributed by atoms with Gasteiger partial charge in [-0.3, -0.25) is 4.79 Å². The molecule has 3 rings (SSSR count). The highest BCUT2D eigenvalue weighted by molar-refractivity contribution is 6.04. The molecule has 1 N–H and O–H groups in total. The Balaban J connectivity index is 1.71. The fourth-order valence-electron chi connectivity index (χ4n) is 2.77. The average molecular weight is 310 g/mol. The van der Waals surface area contributed by atoms with Crippen LogP contribution in [0.25, 0.3) is 0 Å².